The van der Waals surface area contributed by atoms with Crippen molar-refractivity contribution in [2.75, 3.05) is 0 Å². The lowest BCUT2D eigenvalue weighted by atomic mass is 9.87. The summed E-state index contributed by atoms with van der Waals surface area (Å²) < 4.78 is 39.2. The molecular weight excluding hydrogens is 468 g/mol. The van der Waals surface area contributed by atoms with Crippen molar-refractivity contribution < 1.29 is 27.3 Å². The van der Waals surface area contributed by atoms with Crippen molar-refractivity contribution in [2.24, 2.45) is 5.92 Å². The van der Waals surface area contributed by atoms with Crippen molar-refractivity contribution in [3.63, 3.8) is 0 Å². The summed E-state index contributed by atoms with van der Waals surface area (Å²) in [5.41, 5.74) is 0.973. The number of Topliss-reactive ketones (excluding diaryl/α,β-unsaturated/α-hetero) is 1. The van der Waals surface area contributed by atoms with Crippen LogP contribution < -0.4 is 4.74 Å². The number of esters is 1. The van der Waals surface area contributed by atoms with Crippen molar-refractivity contribution >= 4 is 33.4 Å². The van der Waals surface area contributed by atoms with Crippen LogP contribution in [0.15, 0.2) is 27.6 Å². The van der Waals surface area contributed by atoms with E-state index in [1.807, 2.05) is 0 Å². The number of carbonyl (C=O) groups excluding carboxylic acids is 2. The molecule has 2 aromatic rings. The third kappa shape index (κ3) is 3.70. The lowest BCUT2D eigenvalue weighted by Gasteiger charge is -2.37. The summed E-state index contributed by atoms with van der Waals surface area (Å²) in [5.74, 6) is 1.08. The predicted molar refractivity (Wildman–Crippen MR) is 117 cm³/mol. The van der Waals surface area contributed by atoms with Gasteiger partial charge in [-0.05, 0) is 50.5 Å². The van der Waals surface area contributed by atoms with Gasteiger partial charge in [-0.25, -0.2) is 8.42 Å². The summed E-state index contributed by atoms with van der Waals surface area (Å²) in [6, 6.07) is 4.28. The van der Waals surface area contributed by atoms with Crippen LogP contribution in [0.1, 0.15) is 72.7 Å². The van der Waals surface area contributed by atoms with Gasteiger partial charge in [-0.3, -0.25) is 9.59 Å². The Kier molecular flexibility index (Phi) is 4.94. The molecule has 1 saturated carbocycles. The minimum absolute atomic E-state index is 0.0285. The number of fused-ring (bicyclic) bond motifs is 3. The van der Waals surface area contributed by atoms with Crippen LogP contribution in [-0.2, 0) is 21.2 Å². The van der Waals surface area contributed by atoms with E-state index in [1.54, 1.807) is 10.4 Å². The third-order valence-corrected chi connectivity index (χ3v) is 9.73. The average molecular weight is 491 g/mol. The molecule has 3 aliphatic heterocycles. The van der Waals surface area contributed by atoms with Crippen LogP contribution in [0.3, 0.4) is 0 Å². The summed E-state index contributed by atoms with van der Waals surface area (Å²) in [6.07, 6.45) is 5.33. The Morgan fingerprint density at radius 1 is 1.12 bits per heavy atom. The number of piperidine rings is 1. The number of aromatic nitrogens is 1. The second-order valence-electron chi connectivity index (χ2n) is 9.61. The van der Waals surface area contributed by atoms with E-state index < -0.39 is 16.0 Å². The van der Waals surface area contributed by atoms with Gasteiger partial charge < -0.3 is 9.26 Å². The summed E-state index contributed by atoms with van der Waals surface area (Å²) in [6.45, 7) is 0. The maximum absolute atomic E-state index is 13.6. The molecule has 3 fully saturated rings. The van der Waals surface area contributed by atoms with Crippen LogP contribution in [0.2, 0.25) is 5.02 Å². The van der Waals surface area contributed by atoms with Gasteiger partial charge in [0.2, 0.25) is 10.0 Å². The maximum Gasteiger partial charge on any atom is 0.315 e. The number of nitrogens with zero attached hydrogens (tertiary/aromatic N) is 2. The molecule has 6 rings (SSSR count). The number of benzene rings is 1. The molecule has 1 aromatic heterocycles. The molecule has 3 atom stereocenters. The Labute approximate surface area is 196 Å². The zero-order valence-electron chi connectivity index (χ0n) is 17.8. The van der Waals surface area contributed by atoms with E-state index in [-0.39, 0.29) is 45.9 Å². The Morgan fingerprint density at radius 3 is 2.55 bits per heavy atom. The van der Waals surface area contributed by atoms with Crippen molar-refractivity contribution in [1.29, 1.82) is 0 Å². The van der Waals surface area contributed by atoms with Gasteiger partial charge in [-0.1, -0.05) is 16.8 Å². The van der Waals surface area contributed by atoms with Gasteiger partial charge in [0.15, 0.2) is 5.78 Å². The zero-order valence-corrected chi connectivity index (χ0v) is 19.4. The van der Waals surface area contributed by atoms with E-state index in [2.05, 4.69) is 5.16 Å². The van der Waals surface area contributed by atoms with Crippen molar-refractivity contribution in [3.05, 3.63) is 40.2 Å². The first kappa shape index (κ1) is 21.3. The molecule has 174 valence electrons. The molecular formula is C23H23ClN2O6S. The van der Waals surface area contributed by atoms with Crippen LogP contribution in [0.5, 0.6) is 5.75 Å². The van der Waals surface area contributed by atoms with Gasteiger partial charge in [-0.15, -0.1) is 0 Å². The van der Waals surface area contributed by atoms with Crippen molar-refractivity contribution in [3.8, 4) is 5.75 Å². The fourth-order valence-electron chi connectivity index (χ4n) is 5.59. The lowest BCUT2D eigenvalue weighted by molar-refractivity contribution is -0.131. The van der Waals surface area contributed by atoms with E-state index in [0.717, 1.165) is 31.4 Å². The first-order chi connectivity index (χ1) is 15.8. The zero-order chi connectivity index (χ0) is 22.9. The van der Waals surface area contributed by atoms with Gasteiger partial charge in [0.25, 0.3) is 0 Å². The molecule has 1 aromatic carbocycles. The summed E-state index contributed by atoms with van der Waals surface area (Å²) >= 11 is 6.34. The fraction of sp³-hybridized carbons (Fsp3) is 0.522. The molecule has 0 spiro atoms. The summed E-state index contributed by atoms with van der Waals surface area (Å²) in [5, 5.41) is 4.05. The number of carbonyl (C=O) groups is 2. The topological polar surface area (TPSA) is 107 Å². The summed E-state index contributed by atoms with van der Waals surface area (Å²) in [7, 11) is -3.87. The van der Waals surface area contributed by atoms with E-state index >= 15 is 0 Å². The van der Waals surface area contributed by atoms with Gasteiger partial charge in [0, 0.05) is 42.1 Å². The normalized spacial score (nSPS) is 26.9. The second kappa shape index (κ2) is 7.65. The van der Waals surface area contributed by atoms with Gasteiger partial charge >= 0.3 is 5.97 Å². The van der Waals surface area contributed by atoms with E-state index in [1.165, 1.54) is 12.1 Å². The first-order valence-electron chi connectivity index (χ1n) is 11.4. The van der Waals surface area contributed by atoms with E-state index in [4.69, 9.17) is 20.9 Å². The van der Waals surface area contributed by atoms with Gasteiger partial charge in [0.1, 0.15) is 22.1 Å². The smallest absolute Gasteiger partial charge is 0.315 e. The quantitative estimate of drug-likeness (QED) is 0.343. The Bertz CT molecular complexity index is 1250. The molecule has 2 saturated heterocycles. The highest BCUT2D eigenvalue weighted by Gasteiger charge is 2.48. The number of rotatable bonds is 6. The maximum atomic E-state index is 13.6. The molecule has 10 heteroatoms. The Hall–Kier alpha value is -2.23. The van der Waals surface area contributed by atoms with Gasteiger partial charge in [0.05, 0.1) is 11.4 Å². The minimum atomic E-state index is -3.87. The molecule has 1 aliphatic carbocycles. The fourth-order valence-corrected chi connectivity index (χ4v) is 8.02. The summed E-state index contributed by atoms with van der Waals surface area (Å²) in [4.78, 5) is 24.3. The molecule has 0 N–H and O–H groups in total. The first-order valence-corrected chi connectivity index (χ1v) is 13.2. The average Bonchev–Trinajstić information content (AvgIpc) is 3.25. The third-order valence-electron chi connectivity index (χ3n) is 7.26. The highest BCUT2D eigenvalue weighted by Crippen LogP contribution is 2.45. The predicted octanol–water partition coefficient (Wildman–Crippen LogP) is 3.87. The van der Waals surface area contributed by atoms with Gasteiger partial charge in [-0.2, -0.15) is 4.31 Å². The van der Waals surface area contributed by atoms with Crippen molar-refractivity contribution in [1.82, 2.24) is 9.46 Å². The number of ketones is 1. The van der Waals surface area contributed by atoms with Crippen LogP contribution in [0, 0.1) is 5.92 Å². The number of halogens is 1. The van der Waals surface area contributed by atoms with Crippen LogP contribution in [0.4, 0.5) is 0 Å². The lowest BCUT2D eigenvalue weighted by Crippen LogP contribution is -2.46. The minimum Gasteiger partial charge on any atom is -0.426 e. The van der Waals surface area contributed by atoms with E-state index in [0.29, 0.717) is 36.4 Å². The highest BCUT2D eigenvalue weighted by molar-refractivity contribution is 7.89. The second-order valence-corrected chi connectivity index (χ2v) is 11.8. The van der Waals surface area contributed by atoms with Crippen molar-refractivity contribution in [2.45, 2.75) is 74.3 Å². The number of sulfonamides is 1. The molecule has 1 unspecified atom stereocenters. The van der Waals surface area contributed by atoms with E-state index in [9.17, 15) is 18.0 Å². The molecule has 8 nitrogen and oxygen atoms in total. The largest absolute Gasteiger partial charge is 0.426 e. The molecule has 0 radical (unpaired) electrons. The Balaban J connectivity index is 1.19. The van der Waals surface area contributed by atoms with Crippen LogP contribution in [-0.4, -0.2) is 41.7 Å². The van der Waals surface area contributed by atoms with Crippen LogP contribution >= 0.6 is 11.6 Å². The standard InChI is InChI=1S/C23H23ClN2O6S/c24-17-8-14-9-23(28)31-20(14)11-22(17)33(29,30)26-15-3-4-16(26)6-12(5-15)7-19(27)18-10-21(32-25-18)13-1-2-13/h8,10-13,15-16H,1-7,9H2/t12?,15-,16+. The molecule has 33 heavy (non-hydrogen) atoms. The molecule has 4 aliphatic rings. The Morgan fingerprint density at radius 2 is 1.85 bits per heavy atom. The monoisotopic (exact) mass is 490 g/mol. The molecule has 2 bridgehead atoms. The number of hydrogen-bond acceptors (Lipinski definition) is 7. The highest BCUT2D eigenvalue weighted by atomic mass is 35.5. The number of hydrogen-bond donors (Lipinski definition) is 0. The number of ether oxygens (including phenoxy) is 1. The molecule has 4 heterocycles. The van der Waals surface area contributed by atoms with Crippen LogP contribution in [0.25, 0.3) is 0 Å². The SMILES string of the molecule is O=C1Cc2cc(Cl)c(S(=O)(=O)N3[C@@H]4CC[C@H]3CC(CC(=O)c3cc(C5CC5)on3)C4)cc2O1. The molecule has 0 amide bonds.